The van der Waals surface area contributed by atoms with Crippen molar-refractivity contribution in [2.24, 2.45) is 5.92 Å². The molecule has 1 aromatic carbocycles. The van der Waals surface area contributed by atoms with Crippen LogP contribution in [0.3, 0.4) is 0 Å². The summed E-state index contributed by atoms with van der Waals surface area (Å²) in [7, 11) is 0. The molecule has 0 atom stereocenters. The lowest BCUT2D eigenvalue weighted by molar-refractivity contribution is -0.304. The molecule has 1 heterocycles. The number of aromatic nitrogens is 1. The first-order valence-corrected chi connectivity index (χ1v) is 9.11. The Hall–Kier alpha value is -2.81. The lowest BCUT2D eigenvalue weighted by atomic mass is 10.1. The van der Waals surface area contributed by atoms with Crippen LogP contribution in [0, 0.1) is 11.7 Å². The molecule has 27 heavy (non-hydrogen) atoms. The molecule has 0 aliphatic carbocycles. The maximum Gasteiger partial charge on any atom is 0.254 e. The van der Waals surface area contributed by atoms with E-state index in [1.54, 1.807) is 0 Å². The SMILES string of the molecule is CC(C)CN(CC(=O)Nc1nc(CC(=O)[O-])cs1)C(=O)c1ccc(F)cc1. The standard InChI is InChI=1S/C18H20FN3O4S/c1-11(2)8-22(17(26)12-3-5-13(19)6-4-12)9-15(23)21-18-20-14(10-27-18)7-16(24)25/h3-6,10-11H,7-9H2,1-2H3,(H,24,25)(H,20,21,23)/p-1. The molecule has 0 aliphatic heterocycles. The highest BCUT2D eigenvalue weighted by atomic mass is 32.1. The monoisotopic (exact) mass is 392 g/mol. The fourth-order valence-electron chi connectivity index (χ4n) is 2.36. The number of carboxylic acids is 1. The van der Waals surface area contributed by atoms with Crippen molar-refractivity contribution in [3.05, 3.63) is 46.7 Å². The van der Waals surface area contributed by atoms with E-state index in [1.807, 2.05) is 13.8 Å². The van der Waals surface area contributed by atoms with Crippen molar-refractivity contribution in [3.8, 4) is 0 Å². The number of aliphatic carboxylic acids is 1. The van der Waals surface area contributed by atoms with Gasteiger partial charge in [0.25, 0.3) is 5.91 Å². The van der Waals surface area contributed by atoms with Gasteiger partial charge in [0.15, 0.2) is 5.13 Å². The van der Waals surface area contributed by atoms with Crippen LogP contribution < -0.4 is 10.4 Å². The summed E-state index contributed by atoms with van der Waals surface area (Å²) in [6, 6.07) is 5.12. The molecule has 1 aromatic heterocycles. The summed E-state index contributed by atoms with van der Waals surface area (Å²) in [5, 5.41) is 14.9. The predicted molar refractivity (Wildman–Crippen MR) is 96.6 cm³/mol. The van der Waals surface area contributed by atoms with Gasteiger partial charge in [-0.05, 0) is 30.2 Å². The van der Waals surface area contributed by atoms with Gasteiger partial charge in [0.05, 0.1) is 5.69 Å². The first kappa shape index (κ1) is 20.5. The van der Waals surface area contributed by atoms with Gasteiger partial charge in [-0.2, -0.15) is 0 Å². The summed E-state index contributed by atoms with van der Waals surface area (Å²) in [5.74, 6) is -2.42. The van der Waals surface area contributed by atoms with Crippen LogP contribution in [0.2, 0.25) is 0 Å². The number of rotatable bonds is 8. The molecular weight excluding hydrogens is 373 g/mol. The third-order valence-electron chi connectivity index (χ3n) is 3.42. The van der Waals surface area contributed by atoms with Crippen LogP contribution in [-0.4, -0.2) is 40.8 Å². The summed E-state index contributed by atoms with van der Waals surface area (Å²) < 4.78 is 13.1. The maximum atomic E-state index is 13.1. The second kappa shape index (κ2) is 9.22. The van der Waals surface area contributed by atoms with E-state index in [4.69, 9.17) is 0 Å². The predicted octanol–water partition coefficient (Wildman–Crippen LogP) is 1.31. The lowest BCUT2D eigenvalue weighted by Gasteiger charge is -2.24. The number of nitrogens with zero attached hydrogens (tertiary/aromatic N) is 2. The van der Waals surface area contributed by atoms with Crippen molar-refractivity contribution >= 4 is 34.3 Å². The van der Waals surface area contributed by atoms with Crippen molar-refractivity contribution in [3.63, 3.8) is 0 Å². The normalized spacial score (nSPS) is 10.7. The van der Waals surface area contributed by atoms with Crippen molar-refractivity contribution < 1.29 is 23.9 Å². The van der Waals surface area contributed by atoms with Gasteiger partial charge in [-0.15, -0.1) is 11.3 Å². The highest BCUT2D eigenvalue weighted by Gasteiger charge is 2.20. The summed E-state index contributed by atoms with van der Waals surface area (Å²) >= 11 is 1.09. The first-order valence-electron chi connectivity index (χ1n) is 8.23. The summed E-state index contributed by atoms with van der Waals surface area (Å²) in [5.41, 5.74) is 0.576. The van der Waals surface area contributed by atoms with E-state index in [1.165, 1.54) is 34.5 Å². The number of hydrogen-bond acceptors (Lipinski definition) is 6. The molecule has 0 spiro atoms. The van der Waals surface area contributed by atoms with E-state index < -0.39 is 17.7 Å². The number of nitrogens with one attached hydrogen (secondary N) is 1. The number of carbonyl (C=O) groups is 3. The molecule has 0 saturated carbocycles. The molecule has 9 heteroatoms. The fraction of sp³-hybridized carbons (Fsp3) is 0.333. The minimum Gasteiger partial charge on any atom is -0.550 e. The molecule has 0 bridgehead atoms. The smallest absolute Gasteiger partial charge is 0.254 e. The number of carbonyl (C=O) groups excluding carboxylic acids is 3. The van der Waals surface area contributed by atoms with Gasteiger partial charge >= 0.3 is 0 Å². The van der Waals surface area contributed by atoms with E-state index in [0.717, 1.165) is 11.3 Å². The van der Waals surface area contributed by atoms with E-state index in [-0.39, 0.29) is 41.2 Å². The molecule has 0 aliphatic rings. The highest BCUT2D eigenvalue weighted by molar-refractivity contribution is 7.13. The van der Waals surface area contributed by atoms with Crippen LogP contribution in [-0.2, 0) is 16.0 Å². The van der Waals surface area contributed by atoms with Gasteiger partial charge in [0, 0.05) is 29.9 Å². The van der Waals surface area contributed by atoms with Crippen LogP contribution in [0.1, 0.15) is 29.9 Å². The van der Waals surface area contributed by atoms with E-state index >= 15 is 0 Å². The molecule has 2 aromatic rings. The number of halogens is 1. The molecule has 7 nitrogen and oxygen atoms in total. The second-order valence-electron chi connectivity index (χ2n) is 6.33. The van der Waals surface area contributed by atoms with Crippen LogP contribution in [0.5, 0.6) is 0 Å². The topological polar surface area (TPSA) is 102 Å². The molecule has 0 unspecified atom stereocenters. The number of hydrogen-bond donors (Lipinski definition) is 1. The Kier molecular flexibility index (Phi) is 7.00. The van der Waals surface area contributed by atoms with Crippen molar-refractivity contribution in [1.82, 2.24) is 9.88 Å². The largest absolute Gasteiger partial charge is 0.550 e. The van der Waals surface area contributed by atoms with Crippen LogP contribution in [0.15, 0.2) is 29.6 Å². The van der Waals surface area contributed by atoms with Crippen LogP contribution in [0.25, 0.3) is 0 Å². The lowest BCUT2D eigenvalue weighted by Crippen LogP contribution is -2.40. The van der Waals surface area contributed by atoms with Gasteiger partial charge < -0.3 is 20.1 Å². The zero-order valence-electron chi connectivity index (χ0n) is 14.9. The maximum absolute atomic E-state index is 13.1. The first-order chi connectivity index (χ1) is 12.7. The molecule has 144 valence electrons. The summed E-state index contributed by atoms with van der Waals surface area (Å²) in [6.07, 6.45) is -0.338. The Labute approximate surface area is 159 Å². The third kappa shape index (κ3) is 6.45. The average Bonchev–Trinajstić information content (AvgIpc) is 2.99. The number of amides is 2. The number of benzene rings is 1. The van der Waals surface area contributed by atoms with Crippen molar-refractivity contribution in [2.45, 2.75) is 20.3 Å². The van der Waals surface area contributed by atoms with Crippen molar-refractivity contribution in [2.75, 3.05) is 18.4 Å². The Morgan fingerprint density at radius 2 is 1.93 bits per heavy atom. The third-order valence-corrected chi connectivity index (χ3v) is 4.23. The van der Waals surface area contributed by atoms with Gasteiger partial charge in [-0.3, -0.25) is 9.59 Å². The Balaban J connectivity index is 2.05. The molecular formula is C18H19FN3O4S-. The molecule has 2 rings (SSSR count). The van der Waals surface area contributed by atoms with Crippen LogP contribution >= 0.6 is 11.3 Å². The van der Waals surface area contributed by atoms with E-state index in [0.29, 0.717) is 6.54 Å². The minimum atomic E-state index is -1.26. The summed E-state index contributed by atoms with van der Waals surface area (Å²) in [4.78, 5) is 40.9. The quantitative estimate of drug-likeness (QED) is 0.730. The molecule has 0 radical (unpaired) electrons. The minimum absolute atomic E-state index is 0.122. The number of anilines is 1. The van der Waals surface area contributed by atoms with E-state index in [2.05, 4.69) is 10.3 Å². The van der Waals surface area contributed by atoms with Gasteiger partial charge in [-0.25, -0.2) is 9.37 Å². The highest BCUT2D eigenvalue weighted by Crippen LogP contribution is 2.16. The van der Waals surface area contributed by atoms with Gasteiger partial charge in [0.1, 0.15) is 12.4 Å². The van der Waals surface area contributed by atoms with Gasteiger partial charge in [-0.1, -0.05) is 13.8 Å². The van der Waals surface area contributed by atoms with Crippen LogP contribution in [0.4, 0.5) is 9.52 Å². The fourth-order valence-corrected chi connectivity index (χ4v) is 3.09. The molecule has 1 N–H and O–H groups in total. The Morgan fingerprint density at radius 3 is 2.52 bits per heavy atom. The number of carboxylic acid groups (broad SMARTS) is 1. The average molecular weight is 392 g/mol. The van der Waals surface area contributed by atoms with E-state index in [9.17, 15) is 23.9 Å². The Bertz CT molecular complexity index is 820. The molecule has 0 saturated heterocycles. The molecule has 0 fully saturated rings. The Morgan fingerprint density at radius 1 is 1.26 bits per heavy atom. The molecule has 2 amide bonds. The second-order valence-corrected chi connectivity index (χ2v) is 7.19. The zero-order chi connectivity index (χ0) is 20.0. The number of thiazole rings is 1. The van der Waals surface area contributed by atoms with Gasteiger partial charge in [0.2, 0.25) is 5.91 Å². The van der Waals surface area contributed by atoms with Crippen molar-refractivity contribution in [1.29, 1.82) is 0 Å². The zero-order valence-corrected chi connectivity index (χ0v) is 15.7. The summed E-state index contributed by atoms with van der Waals surface area (Å²) in [6.45, 7) is 3.97.